The van der Waals surface area contributed by atoms with Crippen molar-refractivity contribution in [3.05, 3.63) is 40.7 Å². The number of nitrogens with one attached hydrogen (secondary N) is 2. The molecule has 0 amide bonds. The van der Waals surface area contributed by atoms with E-state index < -0.39 is 0 Å². The molecule has 2 aliphatic rings. The van der Waals surface area contributed by atoms with E-state index in [0.717, 1.165) is 17.4 Å². The van der Waals surface area contributed by atoms with Gasteiger partial charge in [0.15, 0.2) is 6.04 Å². The molecular formula is C21H33ClN6+2. The Morgan fingerprint density at radius 1 is 1.07 bits per heavy atom. The standard InChI is InChI=1S/C21H31ClN6/c1-16(2)20(21-23-24-25-28(21)19-5-3-4-6-19)27-13-11-26(12-14-27)15-17-7-9-18(22)10-8-17/h7-10,16,19-20H,3-6,11-15H2,1-2H3/p+2/t20-/m1/s1. The summed E-state index contributed by atoms with van der Waals surface area (Å²) in [5, 5.41) is 13.8. The highest BCUT2D eigenvalue weighted by Gasteiger charge is 2.37. The normalized spacial score (nSPS) is 24.7. The van der Waals surface area contributed by atoms with Gasteiger partial charge in [0.2, 0.25) is 5.82 Å². The molecule has 152 valence electrons. The Hall–Kier alpha value is -1.50. The van der Waals surface area contributed by atoms with E-state index in [0.29, 0.717) is 18.0 Å². The number of nitrogens with zero attached hydrogens (tertiary/aromatic N) is 4. The van der Waals surface area contributed by atoms with Crippen LogP contribution in [0.4, 0.5) is 0 Å². The van der Waals surface area contributed by atoms with Crippen LogP contribution in [0.3, 0.4) is 0 Å². The van der Waals surface area contributed by atoms with Crippen LogP contribution in [0.2, 0.25) is 5.02 Å². The zero-order valence-electron chi connectivity index (χ0n) is 17.1. The van der Waals surface area contributed by atoms with Gasteiger partial charge in [0, 0.05) is 16.5 Å². The lowest BCUT2D eigenvalue weighted by Crippen LogP contribution is -3.27. The molecule has 0 unspecified atom stereocenters. The smallest absolute Gasteiger partial charge is 0.209 e. The van der Waals surface area contributed by atoms with Gasteiger partial charge in [-0.15, -0.1) is 5.10 Å². The monoisotopic (exact) mass is 404 g/mol. The van der Waals surface area contributed by atoms with E-state index in [2.05, 4.69) is 46.2 Å². The summed E-state index contributed by atoms with van der Waals surface area (Å²) in [5.74, 6) is 1.64. The lowest BCUT2D eigenvalue weighted by atomic mass is 10.00. The summed E-state index contributed by atoms with van der Waals surface area (Å²) < 4.78 is 2.16. The molecule has 1 saturated heterocycles. The summed E-state index contributed by atoms with van der Waals surface area (Å²) in [4.78, 5) is 3.30. The molecule has 2 aromatic rings. The van der Waals surface area contributed by atoms with Gasteiger partial charge in [-0.25, -0.2) is 4.68 Å². The van der Waals surface area contributed by atoms with Crippen molar-refractivity contribution in [2.75, 3.05) is 26.2 Å². The maximum absolute atomic E-state index is 6.02. The number of quaternary nitrogens is 2. The molecule has 7 heteroatoms. The van der Waals surface area contributed by atoms with Gasteiger partial charge >= 0.3 is 0 Å². The number of piperazine rings is 1. The fraction of sp³-hybridized carbons (Fsp3) is 0.667. The van der Waals surface area contributed by atoms with Crippen LogP contribution < -0.4 is 9.80 Å². The number of halogens is 1. The van der Waals surface area contributed by atoms with E-state index in [1.165, 1.54) is 57.4 Å². The predicted octanol–water partition coefficient (Wildman–Crippen LogP) is 1.12. The highest BCUT2D eigenvalue weighted by molar-refractivity contribution is 6.30. The highest BCUT2D eigenvalue weighted by atomic mass is 35.5. The summed E-state index contributed by atoms with van der Waals surface area (Å²) in [5.41, 5.74) is 1.37. The van der Waals surface area contributed by atoms with E-state index in [4.69, 9.17) is 11.6 Å². The van der Waals surface area contributed by atoms with Gasteiger partial charge in [-0.2, -0.15) is 0 Å². The number of aromatic nitrogens is 4. The molecule has 1 aromatic heterocycles. The molecule has 2 N–H and O–H groups in total. The van der Waals surface area contributed by atoms with Crippen molar-refractivity contribution in [2.24, 2.45) is 5.92 Å². The average Bonchev–Trinajstić information content (AvgIpc) is 3.36. The van der Waals surface area contributed by atoms with Crippen LogP contribution in [0.15, 0.2) is 24.3 Å². The molecule has 0 radical (unpaired) electrons. The molecule has 1 aromatic carbocycles. The van der Waals surface area contributed by atoms with Crippen LogP contribution in [-0.4, -0.2) is 46.4 Å². The first-order chi connectivity index (χ1) is 13.6. The van der Waals surface area contributed by atoms with E-state index >= 15 is 0 Å². The molecule has 0 spiro atoms. The maximum Gasteiger partial charge on any atom is 0.209 e. The number of hydrogen-bond acceptors (Lipinski definition) is 3. The Labute approximate surface area is 172 Å². The molecule has 1 aliphatic heterocycles. The Morgan fingerprint density at radius 3 is 2.39 bits per heavy atom. The van der Waals surface area contributed by atoms with Crippen molar-refractivity contribution in [1.82, 2.24) is 20.2 Å². The fourth-order valence-corrected chi connectivity index (χ4v) is 5.20. The second-order valence-corrected chi connectivity index (χ2v) is 9.29. The first-order valence-corrected chi connectivity index (χ1v) is 11.2. The van der Waals surface area contributed by atoms with Crippen LogP contribution in [0.25, 0.3) is 0 Å². The summed E-state index contributed by atoms with van der Waals surface area (Å²) in [7, 11) is 0. The van der Waals surface area contributed by atoms with Gasteiger partial charge in [-0.1, -0.05) is 50.4 Å². The molecule has 1 saturated carbocycles. The minimum Gasteiger partial charge on any atom is -0.322 e. The highest BCUT2D eigenvalue weighted by Crippen LogP contribution is 2.31. The third kappa shape index (κ3) is 4.39. The number of tetrazole rings is 1. The van der Waals surface area contributed by atoms with Crippen molar-refractivity contribution in [2.45, 2.75) is 58.2 Å². The maximum atomic E-state index is 6.02. The van der Waals surface area contributed by atoms with Gasteiger partial charge < -0.3 is 9.80 Å². The van der Waals surface area contributed by atoms with Crippen molar-refractivity contribution in [3.63, 3.8) is 0 Å². The van der Waals surface area contributed by atoms with Crippen LogP contribution in [0.5, 0.6) is 0 Å². The van der Waals surface area contributed by atoms with Crippen LogP contribution in [-0.2, 0) is 6.54 Å². The topological polar surface area (TPSA) is 52.5 Å². The molecule has 6 nitrogen and oxygen atoms in total. The average molecular weight is 405 g/mol. The molecular weight excluding hydrogens is 372 g/mol. The zero-order valence-corrected chi connectivity index (χ0v) is 17.8. The van der Waals surface area contributed by atoms with Gasteiger partial charge in [0.1, 0.15) is 32.7 Å². The Morgan fingerprint density at radius 2 is 1.75 bits per heavy atom. The van der Waals surface area contributed by atoms with E-state index in [1.54, 1.807) is 9.80 Å². The molecule has 2 heterocycles. The van der Waals surface area contributed by atoms with Crippen LogP contribution >= 0.6 is 11.6 Å². The number of benzene rings is 1. The van der Waals surface area contributed by atoms with Crippen molar-refractivity contribution < 1.29 is 9.80 Å². The second kappa shape index (κ2) is 8.89. The summed E-state index contributed by atoms with van der Waals surface area (Å²) in [6.45, 7) is 10.4. The third-order valence-electron chi connectivity index (χ3n) is 6.54. The SMILES string of the molecule is CC(C)[C@H](c1nnnn1C1CCCC1)[NH+]1CC[NH+](Cc2ccc(Cl)cc2)CC1. The van der Waals surface area contributed by atoms with Gasteiger partial charge in [-0.3, -0.25) is 0 Å². The van der Waals surface area contributed by atoms with Crippen LogP contribution in [0, 0.1) is 5.92 Å². The first-order valence-electron chi connectivity index (χ1n) is 10.8. The minimum atomic E-state index is 0.382. The lowest BCUT2D eigenvalue weighted by molar-refractivity contribution is -1.03. The van der Waals surface area contributed by atoms with Crippen LogP contribution in [0.1, 0.15) is 63.0 Å². The third-order valence-corrected chi connectivity index (χ3v) is 6.79. The summed E-state index contributed by atoms with van der Waals surface area (Å²) >= 11 is 6.02. The fourth-order valence-electron chi connectivity index (χ4n) is 5.07. The largest absolute Gasteiger partial charge is 0.322 e. The molecule has 0 bridgehead atoms. The molecule has 4 rings (SSSR count). The lowest BCUT2D eigenvalue weighted by Gasteiger charge is -2.36. The van der Waals surface area contributed by atoms with Crippen molar-refractivity contribution in [1.29, 1.82) is 0 Å². The van der Waals surface area contributed by atoms with Gasteiger partial charge in [0.05, 0.1) is 6.04 Å². The molecule has 2 fully saturated rings. The molecule has 1 aliphatic carbocycles. The summed E-state index contributed by atoms with van der Waals surface area (Å²) in [6.07, 6.45) is 5.04. The Bertz CT molecular complexity index is 745. The zero-order chi connectivity index (χ0) is 19.5. The number of hydrogen-bond donors (Lipinski definition) is 2. The summed E-state index contributed by atoms with van der Waals surface area (Å²) in [6, 6.07) is 9.18. The van der Waals surface area contributed by atoms with E-state index in [1.807, 2.05) is 12.1 Å². The van der Waals surface area contributed by atoms with E-state index in [9.17, 15) is 0 Å². The first kappa shape index (κ1) is 19.8. The van der Waals surface area contributed by atoms with E-state index in [-0.39, 0.29) is 0 Å². The Balaban J connectivity index is 1.41. The quantitative estimate of drug-likeness (QED) is 0.758. The minimum absolute atomic E-state index is 0.382. The number of rotatable bonds is 6. The Kier molecular flexibility index (Phi) is 6.28. The van der Waals surface area contributed by atoms with Crippen molar-refractivity contribution >= 4 is 11.6 Å². The predicted molar refractivity (Wildman–Crippen MR) is 109 cm³/mol. The molecule has 28 heavy (non-hydrogen) atoms. The molecule has 1 atom stereocenters. The van der Waals surface area contributed by atoms with Gasteiger partial charge in [-0.05, 0) is 35.4 Å². The van der Waals surface area contributed by atoms with Gasteiger partial charge in [0.25, 0.3) is 0 Å². The second-order valence-electron chi connectivity index (χ2n) is 8.85. The van der Waals surface area contributed by atoms with Crippen molar-refractivity contribution in [3.8, 4) is 0 Å².